The summed E-state index contributed by atoms with van der Waals surface area (Å²) in [6.07, 6.45) is -0.850. The molecule has 0 aliphatic heterocycles. The molecule has 0 aliphatic carbocycles. The summed E-state index contributed by atoms with van der Waals surface area (Å²) in [5.41, 5.74) is 0.801. The molecule has 0 aromatic heterocycles. The van der Waals surface area contributed by atoms with Crippen molar-refractivity contribution in [2.45, 2.75) is 26.5 Å². The van der Waals surface area contributed by atoms with Gasteiger partial charge in [0, 0.05) is 1.37 Å². The van der Waals surface area contributed by atoms with Gasteiger partial charge in [-0.3, -0.25) is 0 Å². The highest BCUT2D eigenvalue weighted by Crippen LogP contribution is 2.04. The molecule has 0 bridgehead atoms. The standard InChI is InChI=1S/C13H17NO4/c1-9(2)11(12(15)16)14-13(17)18-8-10-6-4-3-5-7-10/h3-7,9,11H,8H2,1-2H3,(H,14,17)(H,15,16)/i9D. The van der Waals surface area contributed by atoms with Crippen molar-refractivity contribution in [2.75, 3.05) is 0 Å². The number of nitrogens with one attached hydrogen (secondary N) is 1. The monoisotopic (exact) mass is 252 g/mol. The summed E-state index contributed by atoms with van der Waals surface area (Å²) >= 11 is 0. The van der Waals surface area contributed by atoms with Crippen molar-refractivity contribution in [3.05, 3.63) is 35.9 Å². The lowest BCUT2D eigenvalue weighted by atomic mass is 10.1. The number of carbonyl (C=O) groups is 2. The summed E-state index contributed by atoms with van der Waals surface area (Å²) in [6, 6.07) is 7.71. The Bertz CT molecular complexity index is 442. The van der Waals surface area contributed by atoms with Gasteiger partial charge in [0.25, 0.3) is 0 Å². The molecule has 1 unspecified atom stereocenters. The first-order valence-corrected chi connectivity index (χ1v) is 5.50. The quantitative estimate of drug-likeness (QED) is 0.840. The lowest BCUT2D eigenvalue weighted by Gasteiger charge is -2.17. The van der Waals surface area contributed by atoms with Gasteiger partial charge in [0.05, 0.1) is 0 Å². The SMILES string of the molecule is [2H]C(C)(C)C(NC(=O)OCc1ccccc1)C(=O)O. The van der Waals surface area contributed by atoms with Crippen LogP contribution in [-0.4, -0.2) is 23.2 Å². The summed E-state index contributed by atoms with van der Waals surface area (Å²) in [7, 11) is 0. The van der Waals surface area contributed by atoms with Crippen LogP contribution in [0.25, 0.3) is 0 Å². The molecule has 0 saturated heterocycles. The molecule has 1 aromatic carbocycles. The summed E-state index contributed by atoms with van der Waals surface area (Å²) in [5.74, 6) is -2.60. The average Bonchev–Trinajstić information content (AvgIpc) is 2.33. The molecule has 0 saturated carbocycles. The minimum absolute atomic E-state index is 0.0530. The molecule has 1 amide bonds. The Morgan fingerprint density at radius 1 is 1.39 bits per heavy atom. The molecule has 18 heavy (non-hydrogen) atoms. The molecule has 0 aliphatic rings. The molecular formula is C13H17NO4. The highest BCUT2D eigenvalue weighted by molar-refractivity contribution is 5.80. The Morgan fingerprint density at radius 3 is 2.50 bits per heavy atom. The van der Waals surface area contributed by atoms with E-state index in [9.17, 15) is 9.59 Å². The van der Waals surface area contributed by atoms with Gasteiger partial charge in [0.15, 0.2) is 0 Å². The van der Waals surface area contributed by atoms with E-state index in [1.165, 1.54) is 13.8 Å². The summed E-state index contributed by atoms with van der Waals surface area (Å²) < 4.78 is 12.6. The normalized spacial score (nSPS) is 13.3. The van der Waals surface area contributed by atoms with Crippen LogP contribution in [0.15, 0.2) is 30.3 Å². The first-order valence-electron chi connectivity index (χ1n) is 6.00. The number of carbonyl (C=O) groups excluding carboxylic acids is 1. The van der Waals surface area contributed by atoms with Crippen LogP contribution < -0.4 is 5.32 Å². The van der Waals surface area contributed by atoms with Crippen molar-refractivity contribution >= 4 is 12.1 Å². The number of carboxylic acids is 1. The number of amides is 1. The van der Waals surface area contributed by atoms with Crippen molar-refractivity contribution < 1.29 is 20.8 Å². The number of aliphatic carboxylic acids is 1. The minimum atomic E-state index is -1.34. The van der Waals surface area contributed by atoms with Crippen molar-refractivity contribution in [1.82, 2.24) is 5.32 Å². The first-order chi connectivity index (χ1) is 8.80. The third-order valence-corrected chi connectivity index (χ3v) is 2.30. The van der Waals surface area contributed by atoms with Gasteiger partial charge in [-0.05, 0) is 11.5 Å². The molecule has 0 radical (unpaired) electrons. The van der Waals surface area contributed by atoms with E-state index in [1.54, 1.807) is 12.1 Å². The highest BCUT2D eigenvalue weighted by atomic mass is 16.5. The topological polar surface area (TPSA) is 75.6 Å². The lowest BCUT2D eigenvalue weighted by molar-refractivity contribution is -0.140. The maximum atomic E-state index is 11.5. The van der Waals surface area contributed by atoms with Gasteiger partial charge in [0.1, 0.15) is 12.6 Å². The van der Waals surface area contributed by atoms with Crippen LogP contribution in [-0.2, 0) is 16.1 Å². The fourth-order valence-corrected chi connectivity index (χ4v) is 1.34. The fraction of sp³-hybridized carbons (Fsp3) is 0.385. The van der Waals surface area contributed by atoms with Gasteiger partial charge in [-0.15, -0.1) is 0 Å². The van der Waals surface area contributed by atoms with Gasteiger partial charge >= 0.3 is 12.1 Å². The van der Waals surface area contributed by atoms with Crippen LogP contribution in [0, 0.1) is 5.89 Å². The Hall–Kier alpha value is -2.04. The number of alkyl carbamates (subject to hydrolysis) is 1. The number of hydrogen-bond acceptors (Lipinski definition) is 3. The predicted molar refractivity (Wildman–Crippen MR) is 66.0 cm³/mol. The van der Waals surface area contributed by atoms with Crippen molar-refractivity contribution in [2.24, 2.45) is 5.89 Å². The predicted octanol–water partition coefficient (Wildman–Crippen LogP) is 2.02. The van der Waals surface area contributed by atoms with E-state index in [-0.39, 0.29) is 6.61 Å². The van der Waals surface area contributed by atoms with Crippen molar-refractivity contribution in [1.29, 1.82) is 0 Å². The molecule has 2 N–H and O–H groups in total. The number of benzene rings is 1. The third kappa shape index (κ3) is 4.45. The smallest absolute Gasteiger partial charge is 0.408 e. The maximum absolute atomic E-state index is 11.5. The molecule has 1 aromatic rings. The lowest BCUT2D eigenvalue weighted by Crippen LogP contribution is -2.44. The summed E-state index contributed by atoms with van der Waals surface area (Å²) in [5, 5.41) is 11.1. The molecule has 1 rings (SSSR count). The zero-order valence-electron chi connectivity index (χ0n) is 11.3. The van der Waals surface area contributed by atoms with Gasteiger partial charge in [-0.2, -0.15) is 0 Å². The highest BCUT2D eigenvalue weighted by Gasteiger charge is 2.23. The summed E-state index contributed by atoms with van der Waals surface area (Å²) in [6.45, 7) is 2.87. The van der Waals surface area contributed by atoms with Crippen LogP contribution in [0.5, 0.6) is 0 Å². The second-order valence-electron chi connectivity index (χ2n) is 4.05. The van der Waals surface area contributed by atoms with Crippen LogP contribution in [0.3, 0.4) is 0 Å². The van der Waals surface area contributed by atoms with Crippen molar-refractivity contribution in [3.63, 3.8) is 0 Å². The number of rotatable bonds is 5. The number of carboxylic acid groups (broad SMARTS) is 1. The van der Waals surface area contributed by atoms with Crippen LogP contribution >= 0.6 is 0 Å². The van der Waals surface area contributed by atoms with E-state index in [0.29, 0.717) is 0 Å². The van der Waals surface area contributed by atoms with Crippen LogP contribution in [0.2, 0.25) is 0 Å². The van der Waals surface area contributed by atoms with E-state index in [4.69, 9.17) is 11.2 Å². The van der Waals surface area contributed by atoms with Crippen molar-refractivity contribution in [3.8, 4) is 0 Å². The van der Waals surface area contributed by atoms with Gasteiger partial charge in [-0.25, -0.2) is 9.59 Å². The zero-order valence-corrected chi connectivity index (χ0v) is 10.3. The van der Waals surface area contributed by atoms with Crippen LogP contribution in [0.1, 0.15) is 20.8 Å². The Labute approximate surface area is 107 Å². The molecular weight excluding hydrogens is 234 g/mol. The van der Waals surface area contributed by atoms with E-state index in [0.717, 1.165) is 5.56 Å². The van der Waals surface area contributed by atoms with E-state index in [2.05, 4.69) is 5.32 Å². The summed E-state index contributed by atoms with van der Waals surface area (Å²) in [4.78, 5) is 22.5. The average molecular weight is 252 g/mol. The van der Waals surface area contributed by atoms with Crippen LogP contribution in [0.4, 0.5) is 4.79 Å². The van der Waals surface area contributed by atoms with E-state index in [1.807, 2.05) is 18.2 Å². The van der Waals surface area contributed by atoms with Gasteiger partial charge < -0.3 is 15.2 Å². The third-order valence-electron chi connectivity index (χ3n) is 2.30. The second kappa shape index (κ2) is 6.64. The maximum Gasteiger partial charge on any atom is 0.408 e. The molecule has 98 valence electrons. The first kappa shape index (κ1) is 12.4. The van der Waals surface area contributed by atoms with E-state index < -0.39 is 24.0 Å². The Morgan fingerprint density at radius 2 is 2.00 bits per heavy atom. The largest absolute Gasteiger partial charge is 0.480 e. The molecule has 0 fully saturated rings. The molecule has 5 heteroatoms. The number of ether oxygens (including phenoxy) is 1. The van der Waals surface area contributed by atoms with E-state index >= 15 is 0 Å². The van der Waals surface area contributed by atoms with Gasteiger partial charge in [-0.1, -0.05) is 44.2 Å². The Balaban J connectivity index is 2.52. The molecule has 1 atom stereocenters. The Kier molecular flexibility index (Phi) is 4.58. The second-order valence-corrected chi connectivity index (χ2v) is 4.05. The zero-order chi connectivity index (χ0) is 14.5. The minimum Gasteiger partial charge on any atom is -0.480 e. The fourth-order valence-electron chi connectivity index (χ4n) is 1.34. The molecule has 5 nitrogen and oxygen atoms in total. The number of hydrogen-bond donors (Lipinski definition) is 2. The molecule has 0 heterocycles. The van der Waals surface area contributed by atoms with Gasteiger partial charge in [0.2, 0.25) is 0 Å². The molecule has 0 spiro atoms.